The van der Waals surface area contributed by atoms with Crippen molar-refractivity contribution in [3.8, 4) is 0 Å². The van der Waals surface area contributed by atoms with Gasteiger partial charge in [0.15, 0.2) is 0 Å². The monoisotopic (exact) mass is 336 g/mol. The molecule has 2 aromatic carbocycles. The van der Waals surface area contributed by atoms with Gasteiger partial charge < -0.3 is 10.4 Å². The molecule has 1 aromatic heterocycles. The fraction of sp³-hybridized carbons (Fsp3) is 0.250. The molecular weight excluding hydrogens is 316 g/mol. The maximum atomic E-state index is 12.6. The third-order valence-electron chi connectivity index (χ3n) is 4.21. The smallest absolute Gasteiger partial charge is 0.303 e. The molecule has 5 heteroatoms. The Bertz CT molecular complexity index is 921. The van der Waals surface area contributed by atoms with Crippen LogP contribution in [-0.4, -0.2) is 28.5 Å². The molecule has 5 nitrogen and oxygen atoms in total. The number of aromatic nitrogens is 1. The van der Waals surface area contributed by atoms with Crippen LogP contribution in [-0.2, 0) is 4.79 Å². The van der Waals surface area contributed by atoms with Gasteiger partial charge in [0.1, 0.15) is 0 Å². The van der Waals surface area contributed by atoms with E-state index in [0.717, 1.165) is 29.0 Å². The van der Waals surface area contributed by atoms with Crippen LogP contribution in [0.15, 0.2) is 48.7 Å². The van der Waals surface area contributed by atoms with Crippen LogP contribution in [0.25, 0.3) is 21.7 Å². The molecule has 25 heavy (non-hydrogen) atoms. The minimum atomic E-state index is -0.780. The van der Waals surface area contributed by atoms with Crippen LogP contribution in [0.5, 0.6) is 0 Å². The second-order valence-electron chi connectivity index (χ2n) is 6.01. The van der Waals surface area contributed by atoms with E-state index in [2.05, 4.69) is 10.3 Å². The first-order valence-electron chi connectivity index (χ1n) is 8.43. The van der Waals surface area contributed by atoms with Crippen LogP contribution < -0.4 is 5.32 Å². The summed E-state index contributed by atoms with van der Waals surface area (Å²) in [6, 6.07) is 13.7. The van der Waals surface area contributed by atoms with Crippen molar-refractivity contribution >= 4 is 33.6 Å². The van der Waals surface area contributed by atoms with Crippen molar-refractivity contribution in [3.63, 3.8) is 0 Å². The second kappa shape index (κ2) is 7.75. The molecule has 0 saturated carbocycles. The zero-order valence-corrected chi connectivity index (χ0v) is 13.9. The van der Waals surface area contributed by atoms with Crippen LogP contribution in [0.1, 0.15) is 36.0 Å². The zero-order valence-electron chi connectivity index (χ0n) is 13.9. The molecule has 0 fully saturated rings. The molecule has 0 unspecified atom stereocenters. The Labute approximate surface area is 145 Å². The summed E-state index contributed by atoms with van der Waals surface area (Å²) in [7, 11) is 0. The second-order valence-corrected chi connectivity index (χ2v) is 6.01. The van der Waals surface area contributed by atoms with Crippen LogP contribution >= 0.6 is 0 Å². The number of amides is 1. The fourth-order valence-electron chi connectivity index (χ4n) is 2.98. The summed E-state index contributed by atoms with van der Waals surface area (Å²) in [6.45, 7) is 0.527. The Morgan fingerprint density at radius 2 is 1.80 bits per heavy atom. The molecule has 1 heterocycles. The Morgan fingerprint density at radius 3 is 2.64 bits per heavy atom. The largest absolute Gasteiger partial charge is 0.481 e. The Hall–Kier alpha value is -2.95. The summed E-state index contributed by atoms with van der Waals surface area (Å²) in [5, 5.41) is 14.6. The van der Waals surface area contributed by atoms with Crippen molar-refractivity contribution < 1.29 is 14.7 Å². The van der Waals surface area contributed by atoms with Gasteiger partial charge in [-0.3, -0.25) is 14.6 Å². The fourth-order valence-corrected chi connectivity index (χ4v) is 2.98. The molecule has 0 bridgehead atoms. The van der Waals surface area contributed by atoms with E-state index < -0.39 is 5.97 Å². The standard InChI is InChI=1S/C20H20N2O3/c23-18(24)10-2-1-5-11-22-20(25)17-13-14-7-3-4-8-15(14)16-9-6-12-21-19(16)17/h3-4,6-9,12-13H,1-2,5,10-11H2,(H,22,25)(H,23,24). The molecule has 0 aliphatic rings. The number of unbranched alkanes of at least 4 members (excludes halogenated alkanes) is 2. The van der Waals surface area contributed by atoms with E-state index in [4.69, 9.17) is 5.11 Å². The predicted molar refractivity (Wildman–Crippen MR) is 97.7 cm³/mol. The lowest BCUT2D eigenvalue weighted by molar-refractivity contribution is -0.137. The molecule has 1 amide bonds. The Morgan fingerprint density at radius 1 is 1.00 bits per heavy atom. The normalized spacial score (nSPS) is 10.9. The van der Waals surface area contributed by atoms with Gasteiger partial charge in [-0.15, -0.1) is 0 Å². The van der Waals surface area contributed by atoms with E-state index in [1.165, 1.54) is 0 Å². The van der Waals surface area contributed by atoms with Crippen LogP contribution in [0.4, 0.5) is 0 Å². The van der Waals surface area contributed by atoms with E-state index >= 15 is 0 Å². The van der Waals surface area contributed by atoms with Crippen molar-refractivity contribution in [2.24, 2.45) is 0 Å². The van der Waals surface area contributed by atoms with Gasteiger partial charge in [-0.25, -0.2) is 0 Å². The predicted octanol–water partition coefficient (Wildman–Crippen LogP) is 3.76. The summed E-state index contributed by atoms with van der Waals surface area (Å²) in [5.74, 6) is -0.926. The molecule has 0 saturated heterocycles. The SMILES string of the molecule is O=C(O)CCCCCNC(=O)c1cc2ccccc2c2cccnc12. The topological polar surface area (TPSA) is 79.3 Å². The summed E-state index contributed by atoms with van der Waals surface area (Å²) in [4.78, 5) is 27.5. The van der Waals surface area contributed by atoms with Crippen molar-refractivity contribution in [2.75, 3.05) is 6.54 Å². The van der Waals surface area contributed by atoms with E-state index in [1.807, 2.05) is 42.5 Å². The number of carbonyl (C=O) groups is 2. The number of carbonyl (C=O) groups excluding carboxylic acids is 1. The number of nitrogens with one attached hydrogen (secondary N) is 1. The molecular formula is C20H20N2O3. The lowest BCUT2D eigenvalue weighted by atomic mass is 10.0. The number of pyridine rings is 1. The van der Waals surface area contributed by atoms with Gasteiger partial charge in [-0.1, -0.05) is 36.8 Å². The van der Waals surface area contributed by atoms with E-state index in [9.17, 15) is 9.59 Å². The summed E-state index contributed by atoms with van der Waals surface area (Å²) >= 11 is 0. The van der Waals surface area contributed by atoms with Gasteiger partial charge >= 0.3 is 5.97 Å². The number of rotatable bonds is 7. The van der Waals surface area contributed by atoms with Crippen molar-refractivity contribution in [3.05, 3.63) is 54.2 Å². The number of aliphatic carboxylic acids is 1. The molecule has 128 valence electrons. The van der Waals surface area contributed by atoms with Crippen LogP contribution in [0.3, 0.4) is 0 Å². The highest BCUT2D eigenvalue weighted by Gasteiger charge is 2.13. The summed E-state index contributed by atoms with van der Waals surface area (Å²) < 4.78 is 0. The molecule has 0 spiro atoms. The summed E-state index contributed by atoms with van der Waals surface area (Å²) in [6.07, 6.45) is 4.04. The minimum Gasteiger partial charge on any atom is -0.481 e. The Balaban J connectivity index is 1.75. The van der Waals surface area contributed by atoms with Crippen LogP contribution in [0, 0.1) is 0 Å². The molecule has 0 radical (unpaired) electrons. The van der Waals surface area contributed by atoms with E-state index in [1.54, 1.807) is 6.20 Å². The maximum absolute atomic E-state index is 12.6. The van der Waals surface area contributed by atoms with Crippen molar-refractivity contribution in [1.82, 2.24) is 10.3 Å². The number of fused-ring (bicyclic) bond motifs is 3. The van der Waals surface area contributed by atoms with Gasteiger partial charge in [-0.2, -0.15) is 0 Å². The molecule has 2 N–H and O–H groups in total. The number of carboxylic acid groups (broad SMARTS) is 1. The van der Waals surface area contributed by atoms with Crippen molar-refractivity contribution in [1.29, 1.82) is 0 Å². The molecule has 3 aromatic rings. The highest BCUT2D eigenvalue weighted by Crippen LogP contribution is 2.27. The van der Waals surface area contributed by atoms with E-state index in [-0.39, 0.29) is 12.3 Å². The average molecular weight is 336 g/mol. The van der Waals surface area contributed by atoms with Gasteiger partial charge in [0.05, 0.1) is 11.1 Å². The van der Waals surface area contributed by atoms with Gasteiger partial charge in [0, 0.05) is 24.5 Å². The van der Waals surface area contributed by atoms with Gasteiger partial charge in [0.2, 0.25) is 0 Å². The highest BCUT2D eigenvalue weighted by atomic mass is 16.4. The molecule has 3 rings (SSSR count). The Kier molecular flexibility index (Phi) is 5.23. The number of nitrogens with zero attached hydrogens (tertiary/aromatic N) is 1. The minimum absolute atomic E-state index is 0.146. The maximum Gasteiger partial charge on any atom is 0.303 e. The van der Waals surface area contributed by atoms with Crippen molar-refractivity contribution in [2.45, 2.75) is 25.7 Å². The lowest BCUT2D eigenvalue weighted by Gasteiger charge is -2.10. The van der Waals surface area contributed by atoms with Gasteiger partial charge in [0.25, 0.3) is 5.91 Å². The molecule has 0 aliphatic heterocycles. The van der Waals surface area contributed by atoms with Gasteiger partial charge in [-0.05, 0) is 35.7 Å². The van der Waals surface area contributed by atoms with Crippen LogP contribution in [0.2, 0.25) is 0 Å². The third kappa shape index (κ3) is 3.94. The van der Waals surface area contributed by atoms with E-state index in [0.29, 0.717) is 24.0 Å². The molecule has 0 aliphatic carbocycles. The first-order valence-corrected chi connectivity index (χ1v) is 8.43. The number of carboxylic acids is 1. The quantitative estimate of drug-likeness (QED) is 0.508. The first kappa shape index (κ1) is 16.9. The number of hydrogen-bond donors (Lipinski definition) is 2. The lowest BCUT2D eigenvalue weighted by Crippen LogP contribution is -2.24. The zero-order chi connectivity index (χ0) is 17.6. The number of benzene rings is 2. The highest BCUT2D eigenvalue weighted by molar-refractivity contribution is 6.15. The summed E-state index contributed by atoms with van der Waals surface area (Å²) in [5.41, 5.74) is 1.27. The molecule has 0 atom stereocenters. The third-order valence-corrected chi connectivity index (χ3v) is 4.21. The first-order chi connectivity index (χ1) is 12.2. The number of hydrogen-bond acceptors (Lipinski definition) is 3. The average Bonchev–Trinajstić information content (AvgIpc) is 2.63.